The molecule has 0 radical (unpaired) electrons. The lowest BCUT2D eigenvalue weighted by Gasteiger charge is -2.25. The molecule has 1 aromatic heterocycles. The second kappa shape index (κ2) is 7.31. The second-order valence-electron chi connectivity index (χ2n) is 6.45. The van der Waals surface area contributed by atoms with Crippen LogP contribution in [0.2, 0.25) is 0 Å². The molecule has 8 heteroatoms. The number of carboxylic acids is 1. The van der Waals surface area contributed by atoms with Gasteiger partial charge >= 0.3 is 17.6 Å². The molecule has 0 bridgehead atoms. The highest BCUT2D eigenvalue weighted by atomic mass is 16.5. The number of hydrogen-bond acceptors (Lipinski definition) is 7. The van der Waals surface area contributed by atoms with Crippen LogP contribution in [0.5, 0.6) is 17.2 Å². The second-order valence-corrected chi connectivity index (χ2v) is 6.45. The van der Waals surface area contributed by atoms with Crippen LogP contribution in [0.4, 0.5) is 0 Å². The number of carbonyl (C=O) groups excluding carboxylic acids is 1. The Hall–Kier alpha value is -3.81. The summed E-state index contributed by atoms with van der Waals surface area (Å²) in [6.45, 7) is -0.524. The first-order chi connectivity index (χ1) is 14.0. The summed E-state index contributed by atoms with van der Waals surface area (Å²) >= 11 is 0. The molecule has 0 saturated carbocycles. The van der Waals surface area contributed by atoms with Gasteiger partial charge in [-0.1, -0.05) is 18.2 Å². The lowest BCUT2D eigenvalue weighted by molar-refractivity contribution is -0.139. The number of fused-ring (bicyclic) bond motifs is 3. The molecule has 0 fully saturated rings. The Labute approximate surface area is 164 Å². The van der Waals surface area contributed by atoms with Gasteiger partial charge < -0.3 is 23.7 Å². The van der Waals surface area contributed by atoms with Crippen LogP contribution in [0.25, 0.3) is 11.0 Å². The van der Waals surface area contributed by atoms with Crippen molar-refractivity contribution in [3.05, 3.63) is 64.0 Å². The van der Waals surface area contributed by atoms with Crippen molar-refractivity contribution in [2.45, 2.75) is 12.3 Å². The molecule has 1 atom stereocenters. The molecular weight excluding hydrogens is 380 g/mol. The Morgan fingerprint density at radius 2 is 1.97 bits per heavy atom. The van der Waals surface area contributed by atoms with Crippen molar-refractivity contribution in [3.8, 4) is 17.2 Å². The van der Waals surface area contributed by atoms with Gasteiger partial charge in [0.25, 0.3) is 0 Å². The van der Waals surface area contributed by atoms with E-state index in [4.69, 9.17) is 23.7 Å². The van der Waals surface area contributed by atoms with Crippen LogP contribution in [0.15, 0.2) is 51.7 Å². The molecule has 2 aromatic carbocycles. The summed E-state index contributed by atoms with van der Waals surface area (Å²) in [6.07, 6.45) is -0.0470. The Morgan fingerprint density at radius 1 is 1.17 bits per heavy atom. The molecule has 3 aromatic rings. The molecule has 8 nitrogen and oxygen atoms in total. The zero-order valence-electron chi connectivity index (χ0n) is 15.3. The van der Waals surface area contributed by atoms with E-state index in [2.05, 4.69) is 0 Å². The van der Waals surface area contributed by atoms with E-state index in [9.17, 15) is 14.4 Å². The van der Waals surface area contributed by atoms with Crippen LogP contribution >= 0.6 is 0 Å². The molecule has 0 amide bonds. The maximum Gasteiger partial charge on any atom is 0.343 e. The predicted octanol–water partition coefficient (Wildman–Crippen LogP) is 2.71. The number of hydrogen-bond donors (Lipinski definition) is 1. The summed E-state index contributed by atoms with van der Waals surface area (Å²) in [7, 11) is 1.41. The molecule has 0 saturated heterocycles. The third-order valence-electron chi connectivity index (χ3n) is 4.68. The molecule has 29 heavy (non-hydrogen) atoms. The molecule has 4 rings (SSSR count). The SMILES string of the molecule is COc1cc([C@@H]2CC(=O)Oc3c2c(=O)oc2ccccc32)ccc1OCC(=O)O. The first-order valence-electron chi connectivity index (χ1n) is 8.77. The molecule has 0 spiro atoms. The number of benzene rings is 2. The van der Waals surface area contributed by atoms with E-state index in [1.165, 1.54) is 7.11 Å². The zero-order valence-corrected chi connectivity index (χ0v) is 15.3. The highest BCUT2D eigenvalue weighted by Crippen LogP contribution is 2.42. The van der Waals surface area contributed by atoms with E-state index in [1.807, 2.05) is 0 Å². The summed E-state index contributed by atoms with van der Waals surface area (Å²) in [5.41, 5.74) is 0.621. The van der Waals surface area contributed by atoms with Gasteiger partial charge in [0.15, 0.2) is 23.9 Å². The largest absolute Gasteiger partial charge is 0.493 e. The predicted molar refractivity (Wildman–Crippen MR) is 101 cm³/mol. The van der Waals surface area contributed by atoms with Gasteiger partial charge in [-0.15, -0.1) is 0 Å². The smallest absolute Gasteiger partial charge is 0.343 e. The first kappa shape index (κ1) is 18.5. The Bertz CT molecular complexity index is 1180. The van der Waals surface area contributed by atoms with Crippen molar-refractivity contribution in [1.29, 1.82) is 0 Å². The molecule has 2 heterocycles. The Kier molecular flexibility index (Phi) is 4.67. The number of carboxylic acid groups (broad SMARTS) is 1. The summed E-state index contributed by atoms with van der Waals surface area (Å²) < 4.78 is 21.3. The molecule has 1 aliphatic heterocycles. The van der Waals surface area contributed by atoms with E-state index in [0.29, 0.717) is 16.5 Å². The monoisotopic (exact) mass is 396 g/mol. The summed E-state index contributed by atoms with van der Waals surface area (Å²) in [4.78, 5) is 35.7. The number of aliphatic carboxylic acids is 1. The topological polar surface area (TPSA) is 112 Å². The zero-order chi connectivity index (χ0) is 20.5. The lowest BCUT2D eigenvalue weighted by atomic mass is 9.86. The van der Waals surface area contributed by atoms with Crippen molar-refractivity contribution in [1.82, 2.24) is 0 Å². The lowest BCUT2D eigenvalue weighted by Crippen LogP contribution is -2.26. The molecule has 0 aliphatic carbocycles. The number of esters is 1. The fourth-order valence-electron chi connectivity index (χ4n) is 3.41. The standard InChI is InChI=1S/C21H16O8/c1-26-16-8-11(6-7-15(16)27-10-17(22)23)13-9-18(24)29-20-12-4-2-3-5-14(12)28-21(25)19(13)20/h2-8,13H,9-10H2,1H3,(H,22,23)/t13-/m0/s1. The average molecular weight is 396 g/mol. The summed E-state index contributed by atoms with van der Waals surface area (Å²) in [5.74, 6) is -1.47. The van der Waals surface area contributed by atoms with Crippen LogP contribution in [0.1, 0.15) is 23.5 Å². The minimum absolute atomic E-state index is 0.0470. The molecule has 1 aliphatic rings. The molecule has 0 unspecified atom stereocenters. The van der Waals surface area contributed by atoms with Gasteiger partial charge in [-0.05, 0) is 29.8 Å². The van der Waals surface area contributed by atoms with Gasteiger partial charge in [-0.25, -0.2) is 9.59 Å². The van der Waals surface area contributed by atoms with Gasteiger partial charge in [0.05, 0.1) is 24.5 Å². The third kappa shape index (κ3) is 3.40. The highest BCUT2D eigenvalue weighted by Gasteiger charge is 2.34. The third-order valence-corrected chi connectivity index (χ3v) is 4.68. The van der Waals surface area contributed by atoms with Crippen molar-refractivity contribution in [3.63, 3.8) is 0 Å². The number of carbonyl (C=O) groups is 2. The highest BCUT2D eigenvalue weighted by molar-refractivity contribution is 5.90. The summed E-state index contributed by atoms with van der Waals surface area (Å²) in [6, 6.07) is 11.6. The van der Waals surface area contributed by atoms with Crippen molar-refractivity contribution < 1.29 is 33.3 Å². The number of methoxy groups -OCH3 is 1. The Morgan fingerprint density at radius 3 is 2.72 bits per heavy atom. The normalized spacial score (nSPS) is 15.5. The maximum atomic E-state index is 12.7. The van der Waals surface area contributed by atoms with Crippen LogP contribution < -0.4 is 19.8 Å². The van der Waals surface area contributed by atoms with Crippen molar-refractivity contribution in [2.24, 2.45) is 0 Å². The van der Waals surface area contributed by atoms with E-state index < -0.39 is 30.1 Å². The average Bonchev–Trinajstić information content (AvgIpc) is 2.71. The van der Waals surface area contributed by atoms with Crippen molar-refractivity contribution >= 4 is 22.9 Å². The fraction of sp³-hybridized carbons (Fsp3) is 0.190. The van der Waals surface area contributed by atoms with Gasteiger partial charge in [0.1, 0.15) is 5.58 Å². The molecular formula is C21H16O8. The number of rotatable bonds is 5. The van der Waals surface area contributed by atoms with Gasteiger partial charge in [0.2, 0.25) is 0 Å². The quantitative estimate of drug-likeness (QED) is 0.517. The number of ether oxygens (including phenoxy) is 3. The van der Waals surface area contributed by atoms with E-state index in [1.54, 1.807) is 42.5 Å². The van der Waals surface area contributed by atoms with Crippen LogP contribution in [0.3, 0.4) is 0 Å². The minimum Gasteiger partial charge on any atom is -0.493 e. The molecule has 148 valence electrons. The van der Waals surface area contributed by atoms with Gasteiger partial charge in [0, 0.05) is 5.92 Å². The maximum absolute atomic E-state index is 12.7. The summed E-state index contributed by atoms with van der Waals surface area (Å²) in [5, 5.41) is 9.33. The molecule has 1 N–H and O–H groups in total. The number of para-hydroxylation sites is 1. The van der Waals surface area contributed by atoms with Gasteiger partial charge in [-0.2, -0.15) is 0 Å². The van der Waals surface area contributed by atoms with Crippen LogP contribution in [0, 0.1) is 0 Å². The van der Waals surface area contributed by atoms with Gasteiger partial charge in [-0.3, -0.25) is 4.79 Å². The van der Waals surface area contributed by atoms with Crippen molar-refractivity contribution in [2.75, 3.05) is 13.7 Å². The van der Waals surface area contributed by atoms with Crippen LogP contribution in [-0.4, -0.2) is 30.8 Å². The van der Waals surface area contributed by atoms with E-state index >= 15 is 0 Å². The van der Waals surface area contributed by atoms with Crippen LogP contribution in [-0.2, 0) is 9.59 Å². The first-order valence-corrected chi connectivity index (χ1v) is 8.77. The van der Waals surface area contributed by atoms with E-state index in [0.717, 1.165) is 0 Å². The fourth-order valence-corrected chi connectivity index (χ4v) is 3.41. The Balaban J connectivity index is 1.83. The minimum atomic E-state index is -1.12. The van der Waals surface area contributed by atoms with E-state index in [-0.39, 0.29) is 29.2 Å².